The molecule has 144 valence electrons. The first-order valence-corrected chi connectivity index (χ1v) is 10.2. The van der Waals surface area contributed by atoms with Crippen LogP contribution in [0.4, 0.5) is 0 Å². The molecule has 7 nitrogen and oxygen atoms in total. The lowest BCUT2D eigenvalue weighted by Crippen LogP contribution is -2.36. The van der Waals surface area contributed by atoms with E-state index >= 15 is 0 Å². The van der Waals surface area contributed by atoms with Crippen LogP contribution in [-0.2, 0) is 23.0 Å². The summed E-state index contributed by atoms with van der Waals surface area (Å²) in [4.78, 5) is 11.0. The number of fused-ring (bicyclic) bond motifs is 1. The second kappa shape index (κ2) is 7.05. The van der Waals surface area contributed by atoms with Gasteiger partial charge in [0.2, 0.25) is 10.0 Å². The summed E-state index contributed by atoms with van der Waals surface area (Å²) in [6.07, 6.45) is 0.462. The summed E-state index contributed by atoms with van der Waals surface area (Å²) in [5.41, 5.74) is 2.32. The Bertz CT molecular complexity index is 1140. The molecule has 2 heterocycles. The van der Waals surface area contributed by atoms with Crippen molar-refractivity contribution >= 4 is 27.6 Å². The summed E-state index contributed by atoms with van der Waals surface area (Å²) in [7, 11) is -3.77. The molecular weight excluding hydrogens is 404 g/mol. The van der Waals surface area contributed by atoms with Crippen molar-refractivity contribution in [3.8, 4) is 11.3 Å². The number of sulfonamides is 1. The molecule has 0 unspecified atom stereocenters. The van der Waals surface area contributed by atoms with Crippen LogP contribution < -0.4 is 0 Å². The summed E-state index contributed by atoms with van der Waals surface area (Å²) >= 11 is 5.92. The molecule has 1 aromatic heterocycles. The molecule has 4 rings (SSSR count). The van der Waals surface area contributed by atoms with E-state index in [0.717, 1.165) is 11.1 Å². The number of carboxylic acid groups (broad SMARTS) is 1. The number of aromatic nitrogens is 1. The molecule has 0 amide bonds. The van der Waals surface area contributed by atoms with E-state index in [4.69, 9.17) is 21.2 Å². The Morgan fingerprint density at radius 1 is 1.11 bits per heavy atom. The highest BCUT2D eigenvalue weighted by Crippen LogP contribution is 2.32. The molecule has 0 saturated heterocycles. The molecule has 28 heavy (non-hydrogen) atoms. The van der Waals surface area contributed by atoms with Crippen LogP contribution in [0.1, 0.15) is 21.6 Å². The van der Waals surface area contributed by atoms with Crippen molar-refractivity contribution in [2.24, 2.45) is 0 Å². The first-order chi connectivity index (χ1) is 13.4. The maximum atomic E-state index is 12.9. The molecular formula is C19H15ClN2O5S. The molecule has 0 bridgehead atoms. The number of halogens is 1. The van der Waals surface area contributed by atoms with Gasteiger partial charge in [-0.1, -0.05) is 16.8 Å². The molecule has 9 heteroatoms. The van der Waals surface area contributed by atoms with E-state index < -0.39 is 16.0 Å². The van der Waals surface area contributed by atoms with Gasteiger partial charge < -0.3 is 9.63 Å². The quantitative estimate of drug-likeness (QED) is 0.696. The topological polar surface area (TPSA) is 101 Å². The number of rotatable bonds is 4. The Morgan fingerprint density at radius 3 is 2.43 bits per heavy atom. The molecule has 0 spiro atoms. The summed E-state index contributed by atoms with van der Waals surface area (Å²) < 4.78 is 32.6. The van der Waals surface area contributed by atoms with E-state index in [9.17, 15) is 13.2 Å². The largest absolute Gasteiger partial charge is 0.478 e. The molecule has 1 aliphatic heterocycles. The molecule has 1 aliphatic rings. The van der Waals surface area contributed by atoms with Crippen LogP contribution in [0.15, 0.2) is 57.9 Å². The van der Waals surface area contributed by atoms with E-state index in [-0.39, 0.29) is 23.5 Å². The first-order valence-electron chi connectivity index (χ1n) is 8.43. The Labute approximate surface area is 166 Å². The maximum absolute atomic E-state index is 12.9. The minimum Gasteiger partial charge on any atom is -0.478 e. The fourth-order valence-corrected chi connectivity index (χ4v) is 4.69. The molecule has 0 aliphatic carbocycles. The van der Waals surface area contributed by atoms with Gasteiger partial charge in [0, 0.05) is 22.7 Å². The van der Waals surface area contributed by atoms with Gasteiger partial charge in [0.15, 0.2) is 5.76 Å². The third kappa shape index (κ3) is 3.30. The van der Waals surface area contributed by atoms with E-state index in [1.807, 2.05) is 12.1 Å². The Hall–Kier alpha value is -2.68. The van der Waals surface area contributed by atoms with Crippen molar-refractivity contribution in [1.82, 2.24) is 9.46 Å². The normalized spacial score (nSPS) is 14.6. The predicted octanol–water partition coefficient (Wildman–Crippen LogP) is 3.44. The van der Waals surface area contributed by atoms with Crippen molar-refractivity contribution < 1.29 is 22.8 Å². The highest BCUT2D eigenvalue weighted by molar-refractivity contribution is 7.89. The Kier molecular flexibility index (Phi) is 4.70. The molecule has 3 aromatic rings. The molecule has 1 N–H and O–H groups in total. The minimum atomic E-state index is -3.77. The van der Waals surface area contributed by atoms with Crippen LogP contribution in [0.2, 0.25) is 5.02 Å². The summed E-state index contributed by atoms with van der Waals surface area (Å²) in [5, 5.41) is 13.6. The number of carboxylic acids is 1. The molecule has 0 radical (unpaired) electrons. The summed E-state index contributed by atoms with van der Waals surface area (Å²) in [5.74, 6) is -0.488. The molecule has 0 saturated carbocycles. The van der Waals surface area contributed by atoms with Gasteiger partial charge in [-0.2, -0.15) is 4.31 Å². The van der Waals surface area contributed by atoms with Crippen LogP contribution in [-0.4, -0.2) is 35.5 Å². The lowest BCUT2D eigenvalue weighted by atomic mass is 10.0. The van der Waals surface area contributed by atoms with Crippen LogP contribution in [0.25, 0.3) is 11.3 Å². The van der Waals surface area contributed by atoms with Crippen molar-refractivity contribution in [1.29, 1.82) is 0 Å². The zero-order valence-electron chi connectivity index (χ0n) is 14.5. The van der Waals surface area contributed by atoms with Gasteiger partial charge in [-0.25, -0.2) is 13.2 Å². The lowest BCUT2D eigenvalue weighted by molar-refractivity contribution is 0.0696. The number of aromatic carboxylic acids is 1. The van der Waals surface area contributed by atoms with Crippen LogP contribution in [0.5, 0.6) is 0 Å². The Balaban J connectivity index is 1.60. The number of hydrogen-bond donors (Lipinski definition) is 1. The minimum absolute atomic E-state index is 0.0315. The van der Waals surface area contributed by atoms with Crippen molar-refractivity contribution in [3.05, 3.63) is 70.4 Å². The SMILES string of the molecule is O=C(O)c1ccc(S(=O)(=O)N2CCc3c(noc3-c3ccc(Cl)cc3)C2)cc1. The zero-order chi connectivity index (χ0) is 19.9. The highest BCUT2D eigenvalue weighted by Gasteiger charge is 2.32. The third-order valence-corrected chi connectivity index (χ3v) is 6.76. The first kappa shape index (κ1) is 18.7. The average Bonchev–Trinajstić information content (AvgIpc) is 3.12. The van der Waals surface area contributed by atoms with E-state index in [1.165, 1.54) is 28.6 Å². The summed E-state index contributed by atoms with van der Waals surface area (Å²) in [6, 6.07) is 12.3. The molecule has 0 atom stereocenters. The fraction of sp³-hybridized carbons (Fsp3) is 0.158. The standard InChI is InChI=1S/C19H15ClN2O5S/c20-14-5-1-12(2-6-14)18-16-9-10-22(11-17(16)21-27-18)28(25,26)15-7-3-13(4-8-15)19(23)24/h1-8H,9-11H2,(H,23,24). The number of benzene rings is 2. The maximum Gasteiger partial charge on any atom is 0.335 e. The van der Waals surface area contributed by atoms with Gasteiger partial charge in [-0.05, 0) is 55.0 Å². The molecule has 0 fully saturated rings. The van der Waals surface area contributed by atoms with E-state index in [0.29, 0.717) is 22.9 Å². The fourth-order valence-electron chi connectivity index (χ4n) is 3.16. The Morgan fingerprint density at radius 2 is 1.79 bits per heavy atom. The number of nitrogens with zero attached hydrogens (tertiary/aromatic N) is 2. The number of carbonyl (C=O) groups is 1. The van der Waals surface area contributed by atoms with Gasteiger partial charge in [-0.3, -0.25) is 0 Å². The van der Waals surface area contributed by atoms with Crippen LogP contribution >= 0.6 is 11.6 Å². The number of hydrogen-bond acceptors (Lipinski definition) is 5. The second-order valence-electron chi connectivity index (χ2n) is 6.36. The second-order valence-corrected chi connectivity index (χ2v) is 8.74. The van der Waals surface area contributed by atoms with Crippen LogP contribution in [0.3, 0.4) is 0 Å². The zero-order valence-corrected chi connectivity index (χ0v) is 16.1. The predicted molar refractivity (Wildman–Crippen MR) is 102 cm³/mol. The van der Waals surface area contributed by atoms with Gasteiger partial charge >= 0.3 is 5.97 Å². The van der Waals surface area contributed by atoms with E-state index in [1.54, 1.807) is 12.1 Å². The smallest absolute Gasteiger partial charge is 0.335 e. The van der Waals surface area contributed by atoms with E-state index in [2.05, 4.69) is 5.16 Å². The van der Waals surface area contributed by atoms with Crippen molar-refractivity contribution in [2.75, 3.05) is 6.54 Å². The monoisotopic (exact) mass is 418 g/mol. The van der Waals surface area contributed by atoms with Crippen LogP contribution in [0, 0.1) is 0 Å². The average molecular weight is 419 g/mol. The van der Waals surface area contributed by atoms with Crippen molar-refractivity contribution in [2.45, 2.75) is 17.9 Å². The van der Waals surface area contributed by atoms with Gasteiger partial charge in [-0.15, -0.1) is 0 Å². The lowest BCUT2D eigenvalue weighted by Gasteiger charge is -2.25. The summed E-state index contributed by atoms with van der Waals surface area (Å²) in [6.45, 7) is 0.368. The van der Waals surface area contributed by atoms with Gasteiger partial charge in [0.05, 0.1) is 17.0 Å². The molecule has 2 aromatic carbocycles. The van der Waals surface area contributed by atoms with Crippen molar-refractivity contribution in [3.63, 3.8) is 0 Å². The van der Waals surface area contributed by atoms with Gasteiger partial charge in [0.25, 0.3) is 0 Å². The van der Waals surface area contributed by atoms with Gasteiger partial charge in [0.1, 0.15) is 5.69 Å². The third-order valence-electron chi connectivity index (χ3n) is 4.65. The highest BCUT2D eigenvalue weighted by atomic mass is 35.5.